The zero-order chi connectivity index (χ0) is 30.4. The van der Waals surface area contributed by atoms with E-state index in [9.17, 15) is 19.3 Å². The van der Waals surface area contributed by atoms with Crippen LogP contribution in [0.3, 0.4) is 0 Å². The molecule has 2 aromatic carbocycles. The highest BCUT2D eigenvalue weighted by Crippen LogP contribution is 2.48. The Morgan fingerprint density at radius 1 is 1.05 bits per heavy atom. The van der Waals surface area contributed by atoms with Gasteiger partial charge in [-0.1, -0.05) is 44.2 Å². The largest absolute Gasteiger partial charge is 0.383 e. The highest BCUT2D eigenvalue weighted by Gasteiger charge is 2.54. The topological polar surface area (TPSA) is 128 Å². The molecule has 216 valence electrons. The second-order valence-electron chi connectivity index (χ2n) is 12.1. The molecule has 1 atom stereocenters. The third-order valence-electron chi connectivity index (χ3n) is 7.71. The maximum atomic E-state index is 13.9. The molecule has 5 aromatic rings. The van der Waals surface area contributed by atoms with Gasteiger partial charge in [-0.05, 0) is 48.1 Å². The standard InChI is InChI=1S/C32H29F2N9/c1-31(2,3)18-39-28-22(15-36)16-38-27-21(14-35)11-23(13-24(27)28)40-29(20-7-6-19-5-4-10-37-25(19)12-20)26-17-43(42-41-26)32(8-9-32)30(33)34/h4-7,10-13,16-17,29-30,40H,8-9,18H2,1-3H3,(H,38,39)/t29-/m0/s1. The molecule has 0 spiro atoms. The molecule has 1 aliphatic rings. The van der Waals surface area contributed by atoms with Gasteiger partial charge < -0.3 is 10.6 Å². The summed E-state index contributed by atoms with van der Waals surface area (Å²) in [6, 6.07) is 17.0. The Morgan fingerprint density at radius 3 is 2.53 bits per heavy atom. The Bertz CT molecular complexity index is 1920. The van der Waals surface area contributed by atoms with Gasteiger partial charge in [-0.25, -0.2) is 13.5 Å². The highest BCUT2D eigenvalue weighted by atomic mass is 19.3. The minimum Gasteiger partial charge on any atom is -0.383 e. The molecule has 0 unspecified atom stereocenters. The summed E-state index contributed by atoms with van der Waals surface area (Å²) < 4.78 is 29.1. The van der Waals surface area contributed by atoms with Crippen LogP contribution in [0, 0.1) is 28.1 Å². The number of alkyl halides is 2. The summed E-state index contributed by atoms with van der Waals surface area (Å²) in [5.41, 5.74) is 2.89. The average Bonchev–Trinajstić information content (AvgIpc) is 3.67. The molecule has 1 saturated carbocycles. The Labute approximate surface area is 247 Å². The Balaban J connectivity index is 1.48. The van der Waals surface area contributed by atoms with Gasteiger partial charge >= 0.3 is 0 Å². The number of hydrogen-bond acceptors (Lipinski definition) is 8. The van der Waals surface area contributed by atoms with Crippen molar-refractivity contribution in [1.29, 1.82) is 10.5 Å². The number of halogens is 2. The van der Waals surface area contributed by atoms with Crippen molar-refractivity contribution in [2.45, 2.75) is 51.6 Å². The molecule has 1 aliphatic carbocycles. The van der Waals surface area contributed by atoms with Crippen molar-refractivity contribution in [2.75, 3.05) is 17.2 Å². The zero-order valence-electron chi connectivity index (χ0n) is 23.9. The molecule has 0 amide bonds. The summed E-state index contributed by atoms with van der Waals surface area (Å²) in [5, 5.41) is 36.8. The lowest BCUT2D eigenvalue weighted by atomic mass is 9.96. The van der Waals surface area contributed by atoms with Gasteiger partial charge in [-0.2, -0.15) is 10.5 Å². The summed E-state index contributed by atoms with van der Waals surface area (Å²) >= 11 is 0. The number of hydrogen-bond donors (Lipinski definition) is 2. The van der Waals surface area contributed by atoms with Crippen LogP contribution in [-0.4, -0.2) is 37.9 Å². The molecule has 6 rings (SSSR count). The molecule has 1 fully saturated rings. The van der Waals surface area contributed by atoms with E-state index in [-0.39, 0.29) is 5.41 Å². The van der Waals surface area contributed by atoms with Crippen molar-refractivity contribution in [3.8, 4) is 12.1 Å². The minimum atomic E-state index is -2.56. The van der Waals surface area contributed by atoms with Crippen LogP contribution in [-0.2, 0) is 5.54 Å². The van der Waals surface area contributed by atoms with E-state index >= 15 is 0 Å². The lowest BCUT2D eigenvalue weighted by Crippen LogP contribution is -2.26. The first-order chi connectivity index (χ1) is 20.6. The van der Waals surface area contributed by atoms with Crippen LogP contribution < -0.4 is 10.6 Å². The van der Waals surface area contributed by atoms with Gasteiger partial charge in [-0.3, -0.25) is 9.97 Å². The van der Waals surface area contributed by atoms with Crippen molar-refractivity contribution >= 4 is 33.2 Å². The molecule has 2 N–H and O–H groups in total. The van der Waals surface area contributed by atoms with Crippen molar-refractivity contribution < 1.29 is 8.78 Å². The Hall–Kier alpha value is -5.16. The summed E-state index contributed by atoms with van der Waals surface area (Å²) in [7, 11) is 0. The van der Waals surface area contributed by atoms with Gasteiger partial charge in [-0.15, -0.1) is 5.10 Å². The Kier molecular flexibility index (Phi) is 6.89. The second kappa shape index (κ2) is 10.6. The minimum absolute atomic E-state index is 0.0750. The second-order valence-corrected chi connectivity index (χ2v) is 12.1. The van der Waals surface area contributed by atoms with E-state index in [2.05, 4.69) is 63.8 Å². The van der Waals surface area contributed by atoms with Gasteiger partial charge in [0.05, 0.1) is 40.1 Å². The number of nitrogens with zero attached hydrogens (tertiary/aromatic N) is 7. The normalized spacial score (nSPS) is 14.8. The summed E-state index contributed by atoms with van der Waals surface area (Å²) in [6.07, 6.45) is 2.86. The van der Waals surface area contributed by atoms with Crippen LogP contribution in [0.4, 0.5) is 20.2 Å². The average molecular weight is 578 g/mol. The molecule has 11 heteroatoms. The number of fused-ring (bicyclic) bond motifs is 2. The first-order valence-corrected chi connectivity index (χ1v) is 13.9. The number of anilines is 2. The predicted molar refractivity (Wildman–Crippen MR) is 160 cm³/mol. The molecule has 3 aromatic heterocycles. The van der Waals surface area contributed by atoms with E-state index in [1.165, 1.54) is 10.9 Å². The SMILES string of the molecule is CC(C)(C)CNc1c(C#N)cnc2c(C#N)cc(N[C@@H](c3ccc4cccnc4c3)c3cn(C4(C(F)F)CC4)nn3)cc12. The first-order valence-electron chi connectivity index (χ1n) is 13.9. The monoisotopic (exact) mass is 577 g/mol. The fourth-order valence-corrected chi connectivity index (χ4v) is 5.16. The third-order valence-corrected chi connectivity index (χ3v) is 7.71. The van der Waals surface area contributed by atoms with E-state index in [0.717, 1.165) is 16.5 Å². The molecule has 3 heterocycles. The van der Waals surface area contributed by atoms with Gasteiger partial charge in [0.15, 0.2) is 0 Å². The molecule has 0 aliphatic heterocycles. The highest BCUT2D eigenvalue weighted by molar-refractivity contribution is 5.99. The summed E-state index contributed by atoms with van der Waals surface area (Å²) in [6.45, 7) is 6.83. The van der Waals surface area contributed by atoms with Gasteiger partial charge in [0, 0.05) is 35.4 Å². The zero-order valence-corrected chi connectivity index (χ0v) is 23.9. The maximum Gasteiger partial charge on any atom is 0.263 e. The Morgan fingerprint density at radius 2 is 1.84 bits per heavy atom. The van der Waals surface area contributed by atoms with E-state index in [1.807, 2.05) is 36.4 Å². The molecule has 0 bridgehead atoms. The quantitative estimate of drug-likeness (QED) is 0.213. The molecule has 0 radical (unpaired) electrons. The smallest absolute Gasteiger partial charge is 0.263 e. The fraction of sp³-hybridized carbons (Fsp3) is 0.312. The number of nitrogens with one attached hydrogen (secondary N) is 2. The van der Waals surface area contributed by atoms with Crippen LogP contribution in [0.1, 0.15) is 62.0 Å². The van der Waals surface area contributed by atoms with Crippen molar-refractivity contribution in [3.05, 3.63) is 83.4 Å². The molecule has 9 nitrogen and oxygen atoms in total. The van der Waals surface area contributed by atoms with Crippen LogP contribution in [0.25, 0.3) is 21.8 Å². The summed E-state index contributed by atoms with van der Waals surface area (Å²) in [5.74, 6) is 0. The van der Waals surface area contributed by atoms with Gasteiger partial charge in [0.25, 0.3) is 6.43 Å². The fourth-order valence-electron chi connectivity index (χ4n) is 5.16. The third kappa shape index (κ3) is 5.30. The van der Waals surface area contributed by atoms with Crippen molar-refractivity contribution in [1.82, 2.24) is 25.0 Å². The van der Waals surface area contributed by atoms with Crippen LogP contribution in [0.15, 0.2) is 61.1 Å². The van der Waals surface area contributed by atoms with Crippen LogP contribution in [0.5, 0.6) is 0 Å². The number of pyridine rings is 2. The van der Waals surface area contributed by atoms with Gasteiger partial charge in [0.2, 0.25) is 0 Å². The first kappa shape index (κ1) is 28.0. The number of nitriles is 2. The molecule has 43 heavy (non-hydrogen) atoms. The molecule has 0 saturated heterocycles. The number of aromatic nitrogens is 5. The lowest BCUT2D eigenvalue weighted by Gasteiger charge is -2.22. The lowest BCUT2D eigenvalue weighted by molar-refractivity contribution is 0.0593. The summed E-state index contributed by atoms with van der Waals surface area (Å²) in [4.78, 5) is 8.92. The van der Waals surface area contributed by atoms with E-state index in [0.29, 0.717) is 58.5 Å². The molecular weight excluding hydrogens is 548 g/mol. The predicted octanol–water partition coefficient (Wildman–Crippen LogP) is 6.53. The maximum absolute atomic E-state index is 13.9. The van der Waals surface area contributed by atoms with Crippen LogP contribution >= 0.6 is 0 Å². The molecular formula is C32H29F2N9. The van der Waals surface area contributed by atoms with E-state index < -0.39 is 18.0 Å². The van der Waals surface area contributed by atoms with Crippen molar-refractivity contribution in [2.24, 2.45) is 5.41 Å². The van der Waals surface area contributed by atoms with E-state index in [4.69, 9.17) is 0 Å². The number of benzene rings is 2. The van der Waals surface area contributed by atoms with Gasteiger partial charge in [0.1, 0.15) is 23.4 Å². The van der Waals surface area contributed by atoms with Crippen LogP contribution in [0.2, 0.25) is 0 Å². The van der Waals surface area contributed by atoms with Crippen molar-refractivity contribution in [3.63, 3.8) is 0 Å². The number of rotatable bonds is 8. The van der Waals surface area contributed by atoms with E-state index in [1.54, 1.807) is 18.5 Å².